The van der Waals surface area contributed by atoms with Crippen LogP contribution >= 0.6 is 0 Å². The summed E-state index contributed by atoms with van der Waals surface area (Å²) in [6, 6.07) is 0. The monoisotopic (exact) mass is 265 g/mol. The van der Waals surface area contributed by atoms with E-state index in [1.807, 2.05) is 0 Å². The summed E-state index contributed by atoms with van der Waals surface area (Å²) < 4.78 is 0. The molecule has 0 spiro atoms. The quantitative estimate of drug-likeness (QED) is 0.625. The highest BCUT2D eigenvalue weighted by molar-refractivity contribution is 5.67. The maximum atomic E-state index is 11.0. The average Bonchev–Trinajstić information content (AvgIpc) is 2.85. The van der Waals surface area contributed by atoms with Gasteiger partial charge in [-0.2, -0.15) is 0 Å². The van der Waals surface area contributed by atoms with Crippen LogP contribution in [-0.4, -0.2) is 21.4 Å². The number of rotatable bonds is 5. The number of hydrogen-bond donors (Lipinski definition) is 2. The predicted octanol–water partition coefficient (Wildman–Crippen LogP) is 2.35. The zero-order valence-electron chi connectivity index (χ0n) is 11.1. The number of aromatic nitrogens is 2. The zero-order chi connectivity index (χ0) is 13.9. The van der Waals surface area contributed by atoms with Crippen molar-refractivity contribution < 1.29 is 4.92 Å². The molecule has 104 valence electrons. The Morgan fingerprint density at radius 3 is 2.74 bits per heavy atom. The van der Waals surface area contributed by atoms with Crippen LogP contribution in [0.15, 0.2) is 6.33 Å². The lowest BCUT2D eigenvalue weighted by Crippen LogP contribution is -2.26. The van der Waals surface area contributed by atoms with Crippen LogP contribution in [0.3, 0.4) is 0 Å². The third-order valence-corrected chi connectivity index (χ3v) is 4.08. The van der Waals surface area contributed by atoms with Gasteiger partial charge in [0.15, 0.2) is 0 Å². The molecule has 1 aromatic rings. The zero-order valence-corrected chi connectivity index (χ0v) is 11.1. The summed E-state index contributed by atoms with van der Waals surface area (Å²) >= 11 is 0. The highest BCUT2D eigenvalue weighted by atomic mass is 16.6. The Balaban J connectivity index is 2.15. The maximum Gasteiger partial charge on any atom is 0.352 e. The first-order valence-electron chi connectivity index (χ1n) is 6.57. The molecule has 7 heteroatoms. The molecule has 1 aliphatic rings. The summed E-state index contributed by atoms with van der Waals surface area (Å²) in [4.78, 5) is 18.1. The normalized spacial score (nSPS) is 17.3. The minimum Gasteiger partial charge on any atom is -0.378 e. The van der Waals surface area contributed by atoms with Gasteiger partial charge in [0.05, 0.1) is 4.92 Å². The van der Waals surface area contributed by atoms with Crippen LogP contribution in [0.1, 0.15) is 39.0 Å². The lowest BCUT2D eigenvalue weighted by atomic mass is 9.83. The van der Waals surface area contributed by atoms with E-state index in [4.69, 9.17) is 5.73 Å². The van der Waals surface area contributed by atoms with E-state index >= 15 is 0 Å². The lowest BCUT2D eigenvalue weighted by Gasteiger charge is -2.27. The second-order valence-electron chi connectivity index (χ2n) is 5.13. The number of nitrogens with zero attached hydrogens (tertiary/aromatic N) is 3. The Bertz CT molecular complexity index is 471. The first kappa shape index (κ1) is 13.5. The van der Waals surface area contributed by atoms with Crippen LogP contribution in [0.4, 0.5) is 17.3 Å². The summed E-state index contributed by atoms with van der Waals surface area (Å²) in [5.74, 6) is 0.122. The Morgan fingerprint density at radius 1 is 1.47 bits per heavy atom. The fourth-order valence-corrected chi connectivity index (χ4v) is 2.75. The van der Waals surface area contributed by atoms with Gasteiger partial charge < -0.3 is 11.1 Å². The van der Waals surface area contributed by atoms with Crippen molar-refractivity contribution in [3.8, 4) is 0 Å². The van der Waals surface area contributed by atoms with Crippen molar-refractivity contribution >= 4 is 17.3 Å². The van der Waals surface area contributed by atoms with Crippen LogP contribution in [0.2, 0.25) is 0 Å². The molecular formula is C12H19N5O2. The molecule has 1 fully saturated rings. The van der Waals surface area contributed by atoms with Crippen molar-refractivity contribution in [2.75, 3.05) is 17.6 Å². The molecule has 1 saturated carbocycles. The van der Waals surface area contributed by atoms with E-state index in [1.54, 1.807) is 0 Å². The third kappa shape index (κ3) is 2.74. The highest BCUT2D eigenvalue weighted by Gasteiger charge is 2.32. The summed E-state index contributed by atoms with van der Waals surface area (Å²) in [7, 11) is 0. The van der Waals surface area contributed by atoms with Gasteiger partial charge in [-0.15, -0.1) is 0 Å². The van der Waals surface area contributed by atoms with Crippen molar-refractivity contribution in [1.29, 1.82) is 0 Å². The number of nitrogens with one attached hydrogen (secondary N) is 1. The van der Waals surface area contributed by atoms with Gasteiger partial charge in [-0.05, 0) is 24.7 Å². The molecule has 1 aromatic heterocycles. The lowest BCUT2D eigenvalue weighted by molar-refractivity contribution is -0.383. The number of anilines is 2. The molecule has 0 bridgehead atoms. The molecule has 0 saturated heterocycles. The molecule has 0 atom stereocenters. The first-order valence-corrected chi connectivity index (χ1v) is 6.57. The summed E-state index contributed by atoms with van der Waals surface area (Å²) in [6.45, 7) is 2.86. The number of hydrogen-bond acceptors (Lipinski definition) is 6. The molecule has 0 radical (unpaired) electrons. The van der Waals surface area contributed by atoms with Gasteiger partial charge in [0.25, 0.3) is 0 Å². The van der Waals surface area contributed by atoms with Crippen LogP contribution < -0.4 is 11.1 Å². The van der Waals surface area contributed by atoms with E-state index in [9.17, 15) is 10.1 Å². The largest absolute Gasteiger partial charge is 0.378 e. The Labute approximate surface area is 111 Å². The second kappa shape index (κ2) is 5.38. The van der Waals surface area contributed by atoms with E-state index in [2.05, 4.69) is 22.2 Å². The molecule has 1 heterocycles. The van der Waals surface area contributed by atoms with E-state index in [0.717, 1.165) is 19.3 Å². The second-order valence-corrected chi connectivity index (χ2v) is 5.13. The predicted molar refractivity (Wildman–Crippen MR) is 72.8 cm³/mol. The average molecular weight is 265 g/mol. The van der Waals surface area contributed by atoms with Gasteiger partial charge in [-0.1, -0.05) is 19.8 Å². The molecule has 1 aliphatic carbocycles. The van der Waals surface area contributed by atoms with E-state index < -0.39 is 4.92 Å². The van der Waals surface area contributed by atoms with Crippen LogP contribution in [-0.2, 0) is 0 Å². The Kier molecular flexibility index (Phi) is 3.82. The third-order valence-electron chi connectivity index (χ3n) is 4.08. The fraction of sp³-hybridized carbons (Fsp3) is 0.667. The Hall–Kier alpha value is -1.92. The van der Waals surface area contributed by atoms with Gasteiger partial charge >= 0.3 is 5.69 Å². The van der Waals surface area contributed by atoms with Crippen LogP contribution in [0.25, 0.3) is 0 Å². The van der Waals surface area contributed by atoms with Crippen LogP contribution in [0.5, 0.6) is 0 Å². The smallest absolute Gasteiger partial charge is 0.352 e. The number of nitrogen functional groups attached to an aromatic ring is 1. The molecule has 0 amide bonds. The summed E-state index contributed by atoms with van der Waals surface area (Å²) in [5.41, 5.74) is 5.54. The SMILES string of the molecule is CCC1(CNc2ncnc(N)c2[N+](=O)[O-])CCCC1. The molecule has 0 aromatic carbocycles. The van der Waals surface area contributed by atoms with E-state index in [-0.39, 0.29) is 22.7 Å². The molecule has 3 N–H and O–H groups in total. The van der Waals surface area contributed by atoms with Crippen LogP contribution in [0, 0.1) is 15.5 Å². The van der Waals surface area contributed by atoms with Crippen molar-refractivity contribution in [2.45, 2.75) is 39.0 Å². The van der Waals surface area contributed by atoms with Gasteiger partial charge in [0.1, 0.15) is 6.33 Å². The first-order chi connectivity index (χ1) is 9.08. The number of nitrogens with two attached hydrogens (primary N) is 1. The molecule has 0 unspecified atom stereocenters. The van der Waals surface area contributed by atoms with Gasteiger partial charge in [-0.3, -0.25) is 10.1 Å². The minimum atomic E-state index is -0.537. The van der Waals surface area contributed by atoms with Crippen molar-refractivity contribution in [3.05, 3.63) is 16.4 Å². The molecule has 19 heavy (non-hydrogen) atoms. The van der Waals surface area contributed by atoms with Gasteiger partial charge in [-0.25, -0.2) is 9.97 Å². The summed E-state index contributed by atoms with van der Waals surface area (Å²) in [5, 5.41) is 14.1. The Morgan fingerprint density at radius 2 is 2.16 bits per heavy atom. The molecule has 7 nitrogen and oxygen atoms in total. The summed E-state index contributed by atoms with van der Waals surface area (Å²) in [6.07, 6.45) is 7.08. The topological polar surface area (TPSA) is 107 Å². The highest BCUT2D eigenvalue weighted by Crippen LogP contribution is 2.41. The van der Waals surface area contributed by atoms with Gasteiger partial charge in [0, 0.05) is 6.54 Å². The van der Waals surface area contributed by atoms with E-state index in [1.165, 1.54) is 19.2 Å². The maximum absolute atomic E-state index is 11.0. The van der Waals surface area contributed by atoms with Crippen molar-refractivity contribution in [3.63, 3.8) is 0 Å². The standard InChI is InChI=1S/C12H19N5O2/c1-2-12(5-3-4-6-12)7-14-11-9(17(18)19)10(13)15-8-16-11/h8H,2-7H2,1H3,(H3,13,14,15,16). The minimum absolute atomic E-state index is 0.0977. The van der Waals surface area contributed by atoms with Crippen molar-refractivity contribution in [2.24, 2.45) is 5.41 Å². The van der Waals surface area contributed by atoms with Gasteiger partial charge in [0.2, 0.25) is 11.6 Å². The molecular weight excluding hydrogens is 246 g/mol. The molecule has 2 rings (SSSR count). The van der Waals surface area contributed by atoms with E-state index in [0.29, 0.717) is 6.54 Å². The fourth-order valence-electron chi connectivity index (χ4n) is 2.75. The van der Waals surface area contributed by atoms with Crippen molar-refractivity contribution in [1.82, 2.24) is 9.97 Å². The number of nitro groups is 1. The molecule has 0 aliphatic heterocycles.